The van der Waals surface area contributed by atoms with E-state index in [9.17, 15) is 13.2 Å². The van der Waals surface area contributed by atoms with Gasteiger partial charge in [0.05, 0.1) is 6.54 Å². The van der Waals surface area contributed by atoms with Gasteiger partial charge in [0.15, 0.2) is 0 Å². The molecular weight excluding hydrogens is 288 g/mol. The number of rotatable bonds is 4. The quantitative estimate of drug-likeness (QED) is 0.850. The van der Waals surface area contributed by atoms with Gasteiger partial charge in [0.2, 0.25) is 10.0 Å². The molecule has 0 aliphatic carbocycles. The minimum absolute atomic E-state index is 0.0973. The van der Waals surface area contributed by atoms with Crippen LogP contribution in [0.5, 0.6) is 0 Å². The lowest BCUT2D eigenvalue weighted by molar-refractivity contribution is -0.139. The number of nitrogens with two attached hydrogens (primary N) is 1. The Balaban J connectivity index is 1.96. The minimum atomic E-state index is -3.67. The van der Waals surface area contributed by atoms with Gasteiger partial charge in [-0.2, -0.15) is 0 Å². The lowest BCUT2D eigenvalue weighted by Gasteiger charge is -2.21. The third kappa shape index (κ3) is 3.33. The van der Waals surface area contributed by atoms with E-state index in [2.05, 4.69) is 5.32 Å². The Labute approximate surface area is 116 Å². The van der Waals surface area contributed by atoms with E-state index in [4.69, 9.17) is 9.88 Å². The Bertz CT molecular complexity index is 573. The van der Waals surface area contributed by atoms with E-state index in [0.717, 1.165) is 22.6 Å². The fourth-order valence-corrected chi connectivity index (χ4v) is 3.64. The Morgan fingerprint density at radius 3 is 2.84 bits per heavy atom. The third-order valence-electron chi connectivity index (χ3n) is 3.04. The molecule has 8 heteroatoms. The molecule has 2 rings (SSSR count). The molecule has 0 radical (unpaired) electrons. The van der Waals surface area contributed by atoms with E-state index >= 15 is 0 Å². The fraction of sp³-hybridized carbons (Fsp3) is 0.545. The first kappa shape index (κ1) is 14.4. The van der Waals surface area contributed by atoms with Crippen molar-refractivity contribution in [3.8, 4) is 0 Å². The summed E-state index contributed by atoms with van der Waals surface area (Å²) in [5, 5.41) is 7.78. The normalized spacial score (nSPS) is 23.5. The van der Waals surface area contributed by atoms with Gasteiger partial charge in [-0.1, -0.05) is 0 Å². The average Bonchev–Trinajstić information content (AvgIpc) is 2.94. The lowest BCUT2D eigenvalue weighted by atomic mass is 10.0. The summed E-state index contributed by atoms with van der Waals surface area (Å²) in [5.74, 6) is -0.171. The zero-order chi connectivity index (χ0) is 14.1. The molecule has 6 nitrogen and oxygen atoms in total. The smallest absolute Gasteiger partial charge is 0.252 e. The van der Waals surface area contributed by atoms with Gasteiger partial charge in [0, 0.05) is 11.5 Å². The third-order valence-corrected chi connectivity index (χ3v) is 5.56. The van der Waals surface area contributed by atoms with Gasteiger partial charge in [-0.25, -0.2) is 13.6 Å². The van der Waals surface area contributed by atoms with Crippen LogP contribution in [0, 0.1) is 0 Å². The maximum absolute atomic E-state index is 12.0. The Morgan fingerprint density at radius 2 is 2.32 bits per heavy atom. The number of carbonyl (C=O) groups is 1. The lowest BCUT2D eigenvalue weighted by Crippen LogP contribution is -2.43. The highest BCUT2D eigenvalue weighted by atomic mass is 32.2. The van der Waals surface area contributed by atoms with Crippen LogP contribution in [0.2, 0.25) is 0 Å². The van der Waals surface area contributed by atoms with Gasteiger partial charge in [-0.05, 0) is 31.9 Å². The maximum Gasteiger partial charge on any atom is 0.252 e. The topological polar surface area (TPSA) is 98.5 Å². The van der Waals surface area contributed by atoms with Crippen molar-refractivity contribution in [1.82, 2.24) is 5.32 Å². The van der Waals surface area contributed by atoms with Crippen molar-refractivity contribution in [2.45, 2.75) is 36.1 Å². The Hall–Kier alpha value is -0.960. The zero-order valence-electron chi connectivity index (χ0n) is 10.5. The summed E-state index contributed by atoms with van der Waals surface area (Å²) < 4.78 is 27.8. The predicted molar refractivity (Wildman–Crippen MR) is 71.1 cm³/mol. The molecule has 1 aromatic heterocycles. The predicted octanol–water partition coefficient (Wildman–Crippen LogP) is 0.581. The van der Waals surface area contributed by atoms with E-state index in [1.807, 2.05) is 0 Å². The highest BCUT2D eigenvalue weighted by molar-refractivity contribution is 7.91. The van der Waals surface area contributed by atoms with Gasteiger partial charge in [0.1, 0.15) is 9.81 Å². The Kier molecular flexibility index (Phi) is 3.95. The van der Waals surface area contributed by atoms with Gasteiger partial charge in [-0.15, -0.1) is 11.3 Å². The minimum Gasteiger partial charge on any atom is -0.365 e. The van der Waals surface area contributed by atoms with Crippen molar-refractivity contribution in [3.05, 3.63) is 17.0 Å². The van der Waals surface area contributed by atoms with Gasteiger partial charge in [-0.3, -0.25) is 4.79 Å². The second-order valence-corrected chi connectivity index (χ2v) is 7.59. The van der Waals surface area contributed by atoms with Crippen molar-refractivity contribution in [1.29, 1.82) is 0 Å². The SMILES string of the molecule is CC1(C(=O)NCc2ccc(S(N)(=O)=O)s2)CCCO1. The number of primary sulfonamides is 1. The summed E-state index contributed by atoms with van der Waals surface area (Å²) in [4.78, 5) is 12.7. The van der Waals surface area contributed by atoms with Gasteiger partial charge < -0.3 is 10.1 Å². The van der Waals surface area contributed by atoms with Crippen LogP contribution in [0.1, 0.15) is 24.6 Å². The molecule has 1 aliphatic heterocycles. The van der Waals surface area contributed by atoms with Gasteiger partial charge in [0.25, 0.3) is 5.91 Å². The molecular formula is C11H16N2O4S2. The monoisotopic (exact) mass is 304 g/mol. The first-order valence-electron chi connectivity index (χ1n) is 5.85. The van der Waals surface area contributed by atoms with Crippen LogP contribution in [-0.2, 0) is 26.1 Å². The van der Waals surface area contributed by atoms with Crippen LogP contribution < -0.4 is 10.5 Å². The number of carbonyl (C=O) groups excluding carboxylic acids is 1. The summed E-state index contributed by atoms with van der Waals surface area (Å²) >= 11 is 1.05. The van der Waals surface area contributed by atoms with Crippen LogP contribution in [0.15, 0.2) is 16.3 Å². The zero-order valence-corrected chi connectivity index (χ0v) is 12.1. The number of ether oxygens (including phenoxy) is 1. The maximum atomic E-state index is 12.0. The first-order valence-corrected chi connectivity index (χ1v) is 8.21. The number of amides is 1. The van der Waals surface area contributed by atoms with Crippen LogP contribution in [-0.4, -0.2) is 26.5 Å². The first-order chi connectivity index (χ1) is 8.81. The molecule has 3 N–H and O–H groups in total. The van der Waals surface area contributed by atoms with Gasteiger partial charge >= 0.3 is 0 Å². The molecule has 1 atom stereocenters. The van der Waals surface area contributed by atoms with Crippen molar-refractivity contribution < 1.29 is 17.9 Å². The highest BCUT2D eigenvalue weighted by Crippen LogP contribution is 2.25. The molecule has 1 unspecified atom stereocenters. The molecule has 1 aliphatic rings. The molecule has 0 aromatic carbocycles. The molecule has 106 valence electrons. The standard InChI is InChI=1S/C11H16N2O4S2/c1-11(5-2-6-17-11)10(14)13-7-8-3-4-9(18-8)19(12,15)16/h3-4H,2,5-7H2,1H3,(H,13,14)(H2,12,15,16). The van der Waals surface area contributed by atoms with Crippen molar-refractivity contribution in [3.63, 3.8) is 0 Å². The Morgan fingerprint density at radius 1 is 1.58 bits per heavy atom. The summed E-state index contributed by atoms with van der Waals surface area (Å²) in [6, 6.07) is 3.08. The van der Waals surface area contributed by atoms with Crippen molar-refractivity contribution in [2.24, 2.45) is 5.14 Å². The second kappa shape index (κ2) is 5.20. The summed E-state index contributed by atoms with van der Waals surface area (Å²) in [6.45, 7) is 2.63. The van der Waals surface area contributed by atoms with Crippen LogP contribution >= 0.6 is 11.3 Å². The molecule has 1 fully saturated rings. The van der Waals surface area contributed by atoms with E-state index < -0.39 is 15.6 Å². The van der Waals surface area contributed by atoms with Crippen molar-refractivity contribution in [2.75, 3.05) is 6.61 Å². The molecule has 1 aromatic rings. The second-order valence-electron chi connectivity index (χ2n) is 4.63. The number of nitrogens with one attached hydrogen (secondary N) is 1. The van der Waals surface area contributed by atoms with E-state index in [1.54, 1.807) is 13.0 Å². The van der Waals surface area contributed by atoms with Crippen LogP contribution in [0.25, 0.3) is 0 Å². The molecule has 2 heterocycles. The van der Waals surface area contributed by atoms with E-state index in [-0.39, 0.29) is 16.7 Å². The summed E-state index contributed by atoms with van der Waals surface area (Å²) in [5.41, 5.74) is -0.764. The number of hydrogen-bond acceptors (Lipinski definition) is 5. The van der Waals surface area contributed by atoms with Crippen LogP contribution in [0.4, 0.5) is 0 Å². The molecule has 0 saturated carbocycles. The van der Waals surface area contributed by atoms with E-state index in [0.29, 0.717) is 13.0 Å². The molecule has 0 bridgehead atoms. The highest BCUT2D eigenvalue weighted by Gasteiger charge is 2.37. The molecule has 19 heavy (non-hydrogen) atoms. The van der Waals surface area contributed by atoms with E-state index in [1.165, 1.54) is 6.07 Å². The number of sulfonamides is 1. The summed E-state index contributed by atoms with van der Waals surface area (Å²) in [7, 11) is -3.67. The fourth-order valence-electron chi connectivity index (χ4n) is 1.92. The van der Waals surface area contributed by atoms with Crippen molar-refractivity contribution >= 4 is 27.3 Å². The summed E-state index contributed by atoms with van der Waals surface area (Å²) in [6.07, 6.45) is 1.57. The largest absolute Gasteiger partial charge is 0.365 e. The number of thiophene rings is 1. The van der Waals surface area contributed by atoms with Crippen LogP contribution in [0.3, 0.4) is 0 Å². The molecule has 1 saturated heterocycles. The molecule has 0 spiro atoms. The number of hydrogen-bond donors (Lipinski definition) is 2. The molecule has 1 amide bonds. The average molecular weight is 304 g/mol.